The third-order valence-electron chi connectivity index (χ3n) is 3.69. The number of thioether (sulfide) groups is 1. The fraction of sp³-hybridized carbons (Fsp3) is 0.800. The second-order valence-corrected chi connectivity index (χ2v) is 9.77. The van der Waals surface area contributed by atoms with E-state index in [-0.39, 0.29) is 11.8 Å². The molecule has 0 heterocycles. The third-order valence-corrected chi connectivity index (χ3v) is 4.73. The van der Waals surface area contributed by atoms with Crippen molar-refractivity contribution in [2.45, 2.75) is 78.7 Å². The Labute approximate surface area is 192 Å². The summed E-state index contributed by atoms with van der Waals surface area (Å²) in [5.74, 6) is -2.55. The molecule has 0 rings (SSSR count). The lowest BCUT2D eigenvalue weighted by Gasteiger charge is -2.33. The van der Waals surface area contributed by atoms with Crippen LogP contribution in [0.2, 0.25) is 0 Å². The fourth-order valence-corrected chi connectivity index (χ4v) is 2.79. The maximum Gasteiger partial charge on any atom is 0.370 e. The van der Waals surface area contributed by atoms with Gasteiger partial charge >= 0.3 is 23.2 Å². The third kappa shape index (κ3) is 12.2. The molecule has 0 radical (unpaired) electrons. The van der Waals surface area contributed by atoms with E-state index >= 15 is 0 Å². The summed E-state index contributed by atoms with van der Waals surface area (Å²) >= 11 is 0.632. The summed E-state index contributed by atoms with van der Waals surface area (Å²) in [4.78, 5) is 47.7. The monoisotopic (exact) mass is 481 g/mol. The van der Waals surface area contributed by atoms with Gasteiger partial charge in [-0.2, -0.15) is 0 Å². The van der Waals surface area contributed by atoms with Crippen LogP contribution in [0.3, 0.4) is 0 Å². The molecular formula is C20H35NO10S. The Morgan fingerprint density at radius 1 is 0.844 bits per heavy atom. The molecule has 0 saturated carbocycles. The second-order valence-electron chi connectivity index (χ2n) is 8.18. The Morgan fingerprint density at radius 3 is 1.81 bits per heavy atom. The van der Waals surface area contributed by atoms with E-state index in [0.29, 0.717) is 11.8 Å². The molecule has 186 valence electrons. The van der Waals surface area contributed by atoms with Gasteiger partial charge in [0.2, 0.25) is 13.2 Å². The van der Waals surface area contributed by atoms with Crippen molar-refractivity contribution in [2.24, 2.45) is 11.8 Å². The Balaban J connectivity index is 5.04. The molecule has 12 heteroatoms. The van der Waals surface area contributed by atoms with Gasteiger partial charge in [-0.05, 0) is 39.5 Å². The van der Waals surface area contributed by atoms with Crippen molar-refractivity contribution in [2.75, 3.05) is 13.6 Å². The van der Waals surface area contributed by atoms with Crippen molar-refractivity contribution in [1.82, 2.24) is 5.32 Å². The maximum absolute atomic E-state index is 12.6. The minimum atomic E-state index is -1.71. The van der Waals surface area contributed by atoms with Gasteiger partial charge in [-0.15, -0.1) is 0 Å². The van der Waals surface area contributed by atoms with Crippen LogP contribution < -0.4 is 5.32 Å². The van der Waals surface area contributed by atoms with Gasteiger partial charge in [-0.25, -0.2) is 4.79 Å². The minimum absolute atomic E-state index is 0.376. The molecule has 0 aromatic heterocycles. The summed E-state index contributed by atoms with van der Waals surface area (Å²) in [5, 5.41) is 11.8. The first-order valence-electron chi connectivity index (χ1n) is 10.1. The number of aliphatic hydroxyl groups excluding tert-OH is 1. The van der Waals surface area contributed by atoms with Crippen LogP contribution in [0.4, 0.5) is 4.79 Å². The zero-order valence-electron chi connectivity index (χ0n) is 19.8. The molecule has 2 atom stereocenters. The molecule has 0 fully saturated rings. The fourth-order valence-electron chi connectivity index (χ4n) is 1.97. The van der Waals surface area contributed by atoms with Crippen LogP contribution >= 0.6 is 11.8 Å². The number of hydrogen-bond donors (Lipinski definition) is 2. The van der Waals surface area contributed by atoms with Gasteiger partial charge in [0.05, 0.1) is 17.9 Å². The standard InChI is InChI=1S/C20H35NO10S/c1-11(2)15(22)27-9-29-18(25)21-14(17(24)31-13(5)6)20(7,8)32-19(26)30-10-28-16(23)12(3)4/h11-14,18,21,25H,9-10H2,1-8H3/t14-,18?/m0/s1. The molecule has 1 unspecified atom stereocenters. The van der Waals surface area contributed by atoms with Crippen molar-refractivity contribution in [1.29, 1.82) is 0 Å². The average molecular weight is 482 g/mol. The number of rotatable bonds is 13. The predicted molar refractivity (Wildman–Crippen MR) is 115 cm³/mol. The summed E-state index contributed by atoms with van der Waals surface area (Å²) in [6.07, 6.45) is -2.16. The molecule has 11 nitrogen and oxygen atoms in total. The lowest BCUT2D eigenvalue weighted by Crippen LogP contribution is -2.56. The topological polar surface area (TPSA) is 147 Å². The van der Waals surface area contributed by atoms with Gasteiger partial charge in [0, 0.05) is 4.75 Å². The molecule has 0 aromatic rings. The molecule has 0 aliphatic rings. The Hall–Kier alpha value is -1.89. The number of aliphatic hydroxyl groups is 1. The van der Waals surface area contributed by atoms with Gasteiger partial charge in [-0.1, -0.05) is 27.7 Å². The Kier molecular flexibility index (Phi) is 13.5. The van der Waals surface area contributed by atoms with Crippen molar-refractivity contribution >= 4 is 35.0 Å². The van der Waals surface area contributed by atoms with Gasteiger partial charge < -0.3 is 28.8 Å². The molecule has 0 saturated heterocycles. The SMILES string of the molecule is CC(C)OC(=O)[C@H](NC(O)OCOC(=O)C(C)C)C(C)(C)SC(=O)OCOC(=O)C(C)C. The van der Waals surface area contributed by atoms with Crippen LogP contribution in [0, 0.1) is 11.8 Å². The molecular weight excluding hydrogens is 446 g/mol. The first-order chi connectivity index (χ1) is 14.7. The first-order valence-corrected chi connectivity index (χ1v) is 10.9. The van der Waals surface area contributed by atoms with Crippen LogP contribution in [0.1, 0.15) is 55.4 Å². The second kappa shape index (κ2) is 14.3. The molecule has 0 bridgehead atoms. The zero-order chi connectivity index (χ0) is 25.1. The van der Waals surface area contributed by atoms with Crippen LogP contribution in [-0.4, -0.2) is 65.2 Å². The van der Waals surface area contributed by atoms with Crippen molar-refractivity contribution in [3.05, 3.63) is 0 Å². The molecule has 0 aliphatic heterocycles. The lowest BCUT2D eigenvalue weighted by molar-refractivity contribution is -0.200. The normalized spacial score (nSPS) is 13.6. The highest BCUT2D eigenvalue weighted by Gasteiger charge is 2.41. The van der Waals surface area contributed by atoms with E-state index in [1.54, 1.807) is 55.4 Å². The maximum atomic E-state index is 12.6. The highest BCUT2D eigenvalue weighted by Crippen LogP contribution is 2.31. The number of ether oxygens (including phenoxy) is 5. The molecule has 0 aliphatic carbocycles. The largest absolute Gasteiger partial charge is 0.462 e. The van der Waals surface area contributed by atoms with E-state index in [4.69, 9.17) is 23.7 Å². The van der Waals surface area contributed by atoms with E-state index in [1.807, 2.05) is 0 Å². The van der Waals surface area contributed by atoms with E-state index in [1.165, 1.54) is 0 Å². The van der Waals surface area contributed by atoms with E-state index < -0.39 is 60.1 Å². The van der Waals surface area contributed by atoms with Crippen LogP contribution in [0.25, 0.3) is 0 Å². The number of hydrogen-bond acceptors (Lipinski definition) is 12. The van der Waals surface area contributed by atoms with Crippen LogP contribution in [-0.2, 0) is 38.1 Å². The number of esters is 3. The molecule has 32 heavy (non-hydrogen) atoms. The molecule has 0 aromatic carbocycles. The van der Waals surface area contributed by atoms with Gasteiger partial charge in [0.25, 0.3) is 0 Å². The summed E-state index contributed by atoms with van der Waals surface area (Å²) < 4.78 is 23.5. The zero-order valence-corrected chi connectivity index (χ0v) is 20.6. The predicted octanol–water partition coefficient (Wildman–Crippen LogP) is 2.15. The Morgan fingerprint density at radius 2 is 1.34 bits per heavy atom. The Bertz CT molecular complexity index is 636. The van der Waals surface area contributed by atoms with Crippen molar-refractivity contribution in [3.63, 3.8) is 0 Å². The number of carbonyl (C=O) groups is 4. The van der Waals surface area contributed by atoms with Crippen molar-refractivity contribution in [3.8, 4) is 0 Å². The number of nitrogens with one attached hydrogen (secondary N) is 1. The van der Waals surface area contributed by atoms with E-state index in [2.05, 4.69) is 5.32 Å². The smallest absolute Gasteiger partial charge is 0.370 e. The summed E-state index contributed by atoms with van der Waals surface area (Å²) in [7, 11) is 0. The summed E-state index contributed by atoms with van der Waals surface area (Å²) in [5.41, 5.74) is 0. The average Bonchev–Trinajstić information content (AvgIpc) is 2.64. The van der Waals surface area contributed by atoms with Crippen molar-refractivity contribution < 1.29 is 48.0 Å². The van der Waals surface area contributed by atoms with E-state index in [0.717, 1.165) is 0 Å². The highest BCUT2D eigenvalue weighted by atomic mass is 32.2. The lowest BCUT2D eigenvalue weighted by atomic mass is 10.0. The minimum Gasteiger partial charge on any atom is -0.462 e. The number of carbonyl (C=O) groups excluding carboxylic acids is 4. The van der Waals surface area contributed by atoms with Crippen LogP contribution in [0.5, 0.6) is 0 Å². The van der Waals surface area contributed by atoms with Crippen LogP contribution in [0.15, 0.2) is 0 Å². The molecule has 0 amide bonds. The van der Waals surface area contributed by atoms with E-state index in [9.17, 15) is 24.3 Å². The molecule has 0 spiro atoms. The highest BCUT2D eigenvalue weighted by molar-refractivity contribution is 8.14. The van der Waals surface area contributed by atoms with Gasteiger partial charge in [0.1, 0.15) is 6.04 Å². The van der Waals surface area contributed by atoms with Gasteiger partial charge in [0.15, 0.2) is 6.79 Å². The van der Waals surface area contributed by atoms with Gasteiger partial charge in [-0.3, -0.25) is 19.7 Å². The summed E-state index contributed by atoms with van der Waals surface area (Å²) in [6, 6.07) is -1.23. The first kappa shape index (κ1) is 30.1. The molecule has 2 N–H and O–H groups in total. The summed E-state index contributed by atoms with van der Waals surface area (Å²) in [6.45, 7) is 11.8. The quantitative estimate of drug-likeness (QED) is 0.226.